The van der Waals surface area contributed by atoms with Crippen LogP contribution in [0.2, 0.25) is 0 Å². The van der Waals surface area contributed by atoms with Crippen molar-refractivity contribution >= 4 is 11.0 Å². The Morgan fingerprint density at radius 1 is 1.03 bits per heavy atom. The lowest BCUT2D eigenvalue weighted by molar-refractivity contribution is 0.0550. The molecule has 0 spiro atoms. The highest BCUT2D eigenvalue weighted by molar-refractivity contribution is 5.82. The average molecular weight is 430 g/mol. The number of benzene rings is 2. The van der Waals surface area contributed by atoms with Gasteiger partial charge in [-0.3, -0.25) is 9.58 Å². The van der Waals surface area contributed by atoms with E-state index in [4.69, 9.17) is 9.52 Å². The first-order valence-corrected chi connectivity index (χ1v) is 11.7. The second-order valence-corrected chi connectivity index (χ2v) is 8.92. The molecule has 5 rings (SSSR count). The molecule has 5 heteroatoms. The quantitative estimate of drug-likeness (QED) is 0.432. The highest BCUT2D eigenvalue weighted by Gasteiger charge is 2.25. The summed E-state index contributed by atoms with van der Waals surface area (Å²) in [6.07, 6.45) is 4.94. The number of piperidine rings is 1. The number of hydrogen-bond acceptors (Lipinski definition) is 4. The van der Waals surface area contributed by atoms with Gasteiger partial charge in [0.25, 0.3) is 0 Å². The molecule has 0 unspecified atom stereocenters. The second-order valence-electron chi connectivity index (χ2n) is 8.92. The van der Waals surface area contributed by atoms with Crippen LogP contribution in [-0.2, 0) is 13.1 Å². The molecule has 1 saturated heterocycles. The molecule has 166 valence electrons. The number of aliphatic hydroxyl groups excluding tert-OH is 1. The number of para-hydroxylation sites is 1. The van der Waals surface area contributed by atoms with E-state index in [-0.39, 0.29) is 6.10 Å². The van der Waals surface area contributed by atoms with Crippen molar-refractivity contribution in [3.63, 3.8) is 0 Å². The van der Waals surface area contributed by atoms with Crippen molar-refractivity contribution < 1.29 is 9.52 Å². The van der Waals surface area contributed by atoms with E-state index in [1.54, 1.807) is 0 Å². The molecule has 0 radical (unpaired) electrons. The predicted octanol–water partition coefficient (Wildman–Crippen LogP) is 5.33. The number of aliphatic hydroxyl groups is 1. The maximum atomic E-state index is 10.2. The van der Waals surface area contributed by atoms with Crippen LogP contribution >= 0.6 is 0 Å². The second kappa shape index (κ2) is 9.31. The Kier molecular flexibility index (Phi) is 6.10. The van der Waals surface area contributed by atoms with Gasteiger partial charge in [0.15, 0.2) is 5.76 Å². The number of aromatic nitrogens is 2. The zero-order chi connectivity index (χ0) is 21.9. The van der Waals surface area contributed by atoms with Crippen molar-refractivity contribution in [2.45, 2.75) is 45.4 Å². The van der Waals surface area contributed by atoms with E-state index in [0.29, 0.717) is 5.92 Å². The van der Waals surface area contributed by atoms with Crippen LogP contribution in [0.25, 0.3) is 22.4 Å². The highest BCUT2D eigenvalue weighted by atomic mass is 16.3. The van der Waals surface area contributed by atoms with Crippen molar-refractivity contribution in [1.29, 1.82) is 0 Å². The Morgan fingerprint density at radius 3 is 2.53 bits per heavy atom. The van der Waals surface area contributed by atoms with Crippen LogP contribution in [-0.4, -0.2) is 39.0 Å². The summed E-state index contributed by atoms with van der Waals surface area (Å²) in [5.74, 6) is 1.25. The minimum absolute atomic E-state index is 0.170. The van der Waals surface area contributed by atoms with E-state index in [9.17, 15) is 5.11 Å². The molecule has 1 aliphatic heterocycles. The fourth-order valence-corrected chi connectivity index (χ4v) is 4.81. The molecule has 5 nitrogen and oxygen atoms in total. The van der Waals surface area contributed by atoms with Gasteiger partial charge in [-0.2, -0.15) is 5.10 Å². The summed E-state index contributed by atoms with van der Waals surface area (Å²) in [5.41, 5.74) is 4.23. The summed E-state index contributed by atoms with van der Waals surface area (Å²) in [4.78, 5) is 2.48. The molecule has 32 heavy (non-hydrogen) atoms. The zero-order valence-electron chi connectivity index (χ0n) is 18.7. The van der Waals surface area contributed by atoms with E-state index < -0.39 is 0 Å². The van der Waals surface area contributed by atoms with Crippen molar-refractivity contribution in [2.75, 3.05) is 13.1 Å². The topological polar surface area (TPSA) is 54.4 Å². The van der Waals surface area contributed by atoms with Gasteiger partial charge < -0.3 is 9.52 Å². The number of rotatable bonds is 7. The molecule has 4 aromatic rings. The molecule has 0 amide bonds. The van der Waals surface area contributed by atoms with Gasteiger partial charge in [-0.25, -0.2) is 0 Å². The van der Waals surface area contributed by atoms with Crippen molar-refractivity contribution in [3.8, 4) is 11.5 Å². The van der Waals surface area contributed by atoms with E-state index in [1.807, 2.05) is 28.9 Å². The maximum Gasteiger partial charge on any atom is 0.156 e. The van der Waals surface area contributed by atoms with E-state index in [1.165, 1.54) is 11.1 Å². The Morgan fingerprint density at radius 2 is 1.78 bits per heavy atom. The number of fused-ring (bicyclic) bond motifs is 1. The van der Waals surface area contributed by atoms with Crippen LogP contribution < -0.4 is 0 Å². The first-order valence-electron chi connectivity index (χ1n) is 11.7. The van der Waals surface area contributed by atoms with Crippen LogP contribution in [0.5, 0.6) is 0 Å². The van der Waals surface area contributed by atoms with Gasteiger partial charge in [0.2, 0.25) is 0 Å². The van der Waals surface area contributed by atoms with Crippen LogP contribution in [0.3, 0.4) is 0 Å². The molecule has 0 aliphatic carbocycles. The van der Waals surface area contributed by atoms with E-state index >= 15 is 0 Å². The fourth-order valence-electron chi connectivity index (χ4n) is 4.81. The minimum Gasteiger partial charge on any atom is -0.454 e. The summed E-state index contributed by atoms with van der Waals surface area (Å²) < 4.78 is 8.21. The van der Waals surface area contributed by atoms with Gasteiger partial charge in [0.05, 0.1) is 12.6 Å². The Hall–Kier alpha value is -2.89. The van der Waals surface area contributed by atoms with Gasteiger partial charge in [-0.15, -0.1) is 0 Å². The lowest BCUT2D eigenvalue weighted by Gasteiger charge is -2.33. The summed E-state index contributed by atoms with van der Waals surface area (Å²) in [6.45, 7) is 5.66. The fraction of sp³-hybridized carbons (Fsp3) is 0.370. The largest absolute Gasteiger partial charge is 0.454 e. The van der Waals surface area contributed by atoms with Crippen LogP contribution in [0.1, 0.15) is 37.3 Å². The molecule has 3 heterocycles. The zero-order valence-corrected chi connectivity index (χ0v) is 18.7. The third-order valence-corrected chi connectivity index (χ3v) is 6.67. The predicted molar refractivity (Wildman–Crippen MR) is 127 cm³/mol. The Balaban J connectivity index is 1.41. The first kappa shape index (κ1) is 21.0. The molecule has 1 fully saturated rings. The van der Waals surface area contributed by atoms with Gasteiger partial charge >= 0.3 is 0 Å². The molecule has 2 aromatic heterocycles. The smallest absolute Gasteiger partial charge is 0.156 e. The lowest BCUT2D eigenvalue weighted by Crippen LogP contribution is -2.37. The van der Waals surface area contributed by atoms with Crippen molar-refractivity contribution in [2.24, 2.45) is 5.92 Å². The SMILES string of the molecule is CC[C@@H](O)C1CCN(Cc2cn(Cc3ccccc3)nc2-c2cc3ccccc3o2)CC1. The first-order chi connectivity index (χ1) is 15.7. The minimum atomic E-state index is -0.170. The molecule has 1 atom stereocenters. The van der Waals surface area contributed by atoms with Crippen LogP contribution in [0.15, 0.2) is 71.3 Å². The van der Waals surface area contributed by atoms with Crippen LogP contribution in [0.4, 0.5) is 0 Å². The van der Waals surface area contributed by atoms with Crippen molar-refractivity contribution in [3.05, 3.63) is 78.0 Å². The monoisotopic (exact) mass is 429 g/mol. The summed E-state index contributed by atoms with van der Waals surface area (Å²) in [7, 11) is 0. The van der Waals surface area contributed by atoms with Crippen LogP contribution in [0, 0.1) is 5.92 Å². The van der Waals surface area contributed by atoms with E-state index in [0.717, 1.165) is 67.9 Å². The average Bonchev–Trinajstić information content (AvgIpc) is 3.43. The molecule has 1 aliphatic rings. The molecule has 1 N–H and O–H groups in total. The highest BCUT2D eigenvalue weighted by Crippen LogP contribution is 2.31. The molecular weight excluding hydrogens is 398 g/mol. The van der Waals surface area contributed by atoms with Gasteiger partial charge in [0.1, 0.15) is 11.3 Å². The number of hydrogen-bond donors (Lipinski definition) is 1. The summed E-state index contributed by atoms with van der Waals surface area (Å²) in [6, 6.07) is 20.6. The lowest BCUT2D eigenvalue weighted by atomic mass is 9.90. The van der Waals surface area contributed by atoms with Gasteiger partial charge in [-0.1, -0.05) is 55.5 Å². The van der Waals surface area contributed by atoms with Gasteiger partial charge in [-0.05, 0) is 56.0 Å². The number of nitrogens with zero attached hydrogens (tertiary/aromatic N) is 3. The number of furan rings is 1. The summed E-state index contributed by atoms with van der Waals surface area (Å²) >= 11 is 0. The molecule has 0 saturated carbocycles. The Bertz CT molecular complexity index is 1120. The Labute approximate surface area is 189 Å². The van der Waals surface area contributed by atoms with Gasteiger partial charge in [0, 0.05) is 23.7 Å². The third-order valence-electron chi connectivity index (χ3n) is 6.67. The normalized spacial score (nSPS) is 16.6. The van der Waals surface area contributed by atoms with Crippen molar-refractivity contribution in [1.82, 2.24) is 14.7 Å². The molecular formula is C27H31N3O2. The molecule has 0 bridgehead atoms. The van der Waals surface area contributed by atoms with E-state index in [2.05, 4.69) is 54.4 Å². The number of likely N-dealkylation sites (tertiary alicyclic amines) is 1. The maximum absolute atomic E-state index is 10.2. The molecule has 2 aromatic carbocycles. The standard InChI is InChI=1S/C27H31N3O2/c1-2-24(31)21-12-14-29(15-13-21)18-23-19-30(17-20-8-4-3-5-9-20)28-27(23)26-16-22-10-6-7-11-25(22)32-26/h3-11,16,19,21,24,31H,2,12-15,17-18H2,1H3/t24-/m1/s1. The third kappa shape index (κ3) is 4.50. The summed E-state index contributed by atoms with van der Waals surface area (Å²) in [5, 5.41) is 16.3.